The van der Waals surface area contributed by atoms with Crippen LogP contribution in [0.15, 0.2) is 24.3 Å². The van der Waals surface area contributed by atoms with Gasteiger partial charge in [-0.05, 0) is 32.1 Å². The number of rotatable bonds is 68. The lowest BCUT2D eigenvalue weighted by Crippen LogP contribution is -2.65. The van der Waals surface area contributed by atoms with Crippen molar-refractivity contribution < 1.29 is 64.6 Å². The highest BCUT2D eigenvalue weighted by atomic mass is 16.7. The van der Waals surface area contributed by atoms with Gasteiger partial charge in [0.1, 0.15) is 48.8 Å². The fourth-order valence-electron chi connectivity index (χ4n) is 13.6. The number of aliphatic hydroxyl groups is 8. The van der Waals surface area contributed by atoms with Gasteiger partial charge in [-0.1, -0.05) is 366 Å². The molecule has 0 aromatic heterocycles. The number of hydrogen-bond donors (Lipinski definition) is 9. The van der Waals surface area contributed by atoms with Crippen LogP contribution >= 0.6 is 0 Å². The number of aliphatic hydroxyl groups excluding tert-OH is 8. The Labute approximate surface area is 570 Å². The molecule has 14 heteroatoms. The SMILES string of the molecule is CCCCCCCCCCCCCCCCCCCCCC/C=C/CC/C=C/C(O)C(COC1OC(CO)C(OC2OC(CO)C(O)C(O)C2O)C(O)C1O)NC(=O)CCCCCCCCCCCCCCCCCCCCCCCCCCCCCCCCCCC. The molecule has 0 aromatic rings. The molecule has 0 aliphatic carbocycles. The Morgan fingerprint density at radius 3 is 1.05 bits per heavy atom. The van der Waals surface area contributed by atoms with E-state index >= 15 is 0 Å². The van der Waals surface area contributed by atoms with Crippen LogP contribution in [0.4, 0.5) is 0 Å². The topological polar surface area (TPSA) is 228 Å². The lowest BCUT2D eigenvalue weighted by molar-refractivity contribution is -0.359. The first kappa shape index (κ1) is 87.6. The Bertz CT molecular complexity index is 1650. The van der Waals surface area contributed by atoms with E-state index in [1.54, 1.807) is 6.08 Å². The van der Waals surface area contributed by atoms with Crippen LogP contribution in [-0.4, -0.2) is 140 Å². The molecular weight excluding hydrogens is 1170 g/mol. The summed E-state index contributed by atoms with van der Waals surface area (Å²) in [7, 11) is 0. The first-order valence-electron chi connectivity index (χ1n) is 40.1. The molecule has 550 valence electrons. The van der Waals surface area contributed by atoms with Gasteiger partial charge in [0.15, 0.2) is 12.6 Å². The standard InChI is InChI=1S/C79H151NO13/c1-3-5-7-9-11-13-15-17-19-21-23-25-27-29-31-32-33-34-35-36-37-39-41-43-45-47-49-51-53-55-57-59-61-63-71(84)80-67(66-90-78-76(89)74(87)77(70(65-82)92-78)93-79-75(88)73(86)72(85)69(64-81)91-79)68(83)62-60-58-56-54-52-50-48-46-44-42-40-38-30-28-26-24-22-20-18-16-14-12-10-8-6-4-2/h52,54,60,62,67-70,72-79,81-83,85-89H,3-51,53,55-59,61,63-66H2,1-2H3,(H,80,84)/b54-52+,62-60+. The zero-order valence-electron chi connectivity index (χ0n) is 60.3. The molecule has 0 radical (unpaired) electrons. The molecule has 2 rings (SSSR count). The predicted molar refractivity (Wildman–Crippen MR) is 383 cm³/mol. The van der Waals surface area contributed by atoms with Gasteiger partial charge < -0.3 is 65.1 Å². The van der Waals surface area contributed by atoms with E-state index in [0.717, 1.165) is 32.1 Å². The molecule has 1 amide bonds. The van der Waals surface area contributed by atoms with E-state index in [1.807, 2.05) is 6.08 Å². The third-order valence-corrected chi connectivity index (χ3v) is 19.9. The van der Waals surface area contributed by atoms with Crippen molar-refractivity contribution in [3.8, 4) is 0 Å². The maximum Gasteiger partial charge on any atom is 0.220 e. The van der Waals surface area contributed by atoms with Gasteiger partial charge in [0.25, 0.3) is 0 Å². The third-order valence-electron chi connectivity index (χ3n) is 19.9. The highest BCUT2D eigenvalue weighted by molar-refractivity contribution is 5.76. The summed E-state index contributed by atoms with van der Waals surface area (Å²) in [4.78, 5) is 13.4. The van der Waals surface area contributed by atoms with E-state index in [0.29, 0.717) is 12.8 Å². The van der Waals surface area contributed by atoms with Crippen molar-refractivity contribution >= 4 is 5.91 Å². The summed E-state index contributed by atoms with van der Waals surface area (Å²) in [6.07, 6.45) is 65.6. The molecule has 12 unspecified atom stereocenters. The average Bonchev–Trinajstić information content (AvgIpc) is 0.865. The van der Waals surface area contributed by atoms with Gasteiger partial charge in [0.05, 0.1) is 32.0 Å². The summed E-state index contributed by atoms with van der Waals surface area (Å²) >= 11 is 0. The van der Waals surface area contributed by atoms with Crippen molar-refractivity contribution in [3.05, 3.63) is 24.3 Å². The average molecular weight is 1320 g/mol. The second-order valence-corrected chi connectivity index (χ2v) is 28.5. The number of unbranched alkanes of at least 4 members (excludes halogenated alkanes) is 53. The highest BCUT2D eigenvalue weighted by Crippen LogP contribution is 2.30. The van der Waals surface area contributed by atoms with Crippen LogP contribution < -0.4 is 5.32 Å². The van der Waals surface area contributed by atoms with E-state index in [1.165, 1.54) is 315 Å². The fourth-order valence-corrected chi connectivity index (χ4v) is 13.6. The number of carbonyl (C=O) groups excluding carboxylic acids is 1. The Morgan fingerprint density at radius 2 is 0.688 bits per heavy atom. The molecule has 12 atom stereocenters. The monoisotopic (exact) mass is 1320 g/mol. The van der Waals surface area contributed by atoms with Crippen molar-refractivity contribution in [3.63, 3.8) is 0 Å². The summed E-state index contributed by atoms with van der Waals surface area (Å²) in [6, 6.07) is -0.930. The highest BCUT2D eigenvalue weighted by Gasteiger charge is 2.51. The Balaban J connectivity index is 1.62. The molecule has 93 heavy (non-hydrogen) atoms. The number of nitrogens with one attached hydrogen (secondary N) is 1. The van der Waals surface area contributed by atoms with E-state index in [9.17, 15) is 45.6 Å². The van der Waals surface area contributed by atoms with Crippen LogP contribution in [0.3, 0.4) is 0 Å². The number of ether oxygens (including phenoxy) is 4. The van der Waals surface area contributed by atoms with E-state index in [4.69, 9.17) is 18.9 Å². The van der Waals surface area contributed by atoms with Crippen molar-refractivity contribution in [2.75, 3.05) is 19.8 Å². The first-order valence-corrected chi connectivity index (χ1v) is 40.1. The first-order chi connectivity index (χ1) is 45.6. The third kappa shape index (κ3) is 47.2. The number of hydrogen-bond acceptors (Lipinski definition) is 13. The molecule has 0 aromatic carbocycles. The van der Waals surface area contributed by atoms with Crippen LogP contribution in [0.1, 0.15) is 380 Å². The zero-order chi connectivity index (χ0) is 67.3. The molecule has 0 saturated carbocycles. The summed E-state index contributed by atoms with van der Waals surface area (Å²) in [5.74, 6) is -0.240. The summed E-state index contributed by atoms with van der Waals surface area (Å²) in [5, 5.41) is 87.6. The van der Waals surface area contributed by atoms with Gasteiger partial charge >= 0.3 is 0 Å². The molecule has 2 aliphatic rings. The van der Waals surface area contributed by atoms with Gasteiger partial charge in [0.2, 0.25) is 5.91 Å². The molecule has 2 saturated heterocycles. The summed E-state index contributed by atoms with van der Waals surface area (Å²) in [6.45, 7) is 2.86. The second-order valence-electron chi connectivity index (χ2n) is 28.5. The molecule has 2 fully saturated rings. The number of carbonyl (C=O) groups is 1. The van der Waals surface area contributed by atoms with Crippen LogP contribution in [0.5, 0.6) is 0 Å². The Hall–Kier alpha value is -1.53. The van der Waals surface area contributed by atoms with Gasteiger partial charge in [0, 0.05) is 6.42 Å². The van der Waals surface area contributed by atoms with E-state index in [-0.39, 0.29) is 18.9 Å². The summed E-state index contributed by atoms with van der Waals surface area (Å²) in [5.41, 5.74) is 0. The number of allylic oxidation sites excluding steroid dienone is 3. The van der Waals surface area contributed by atoms with Crippen molar-refractivity contribution in [1.29, 1.82) is 0 Å². The maximum absolute atomic E-state index is 13.4. The largest absolute Gasteiger partial charge is 0.394 e. The van der Waals surface area contributed by atoms with Crippen LogP contribution in [-0.2, 0) is 23.7 Å². The molecule has 0 bridgehead atoms. The Kier molecular flexibility index (Phi) is 60.1. The predicted octanol–water partition coefficient (Wildman–Crippen LogP) is 17.9. The minimum Gasteiger partial charge on any atom is -0.394 e. The van der Waals surface area contributed by atoms with E-state index in [2.05, 4.69) is 31.3 Å². The zero-order valence-corrected chi connectivity index (χ0v) is 60.3. The normalized spacial score (nSPS) is 22.6. The van der Waals surface area contributed by atoms with Gasteiger partial charge in [-0.3, -0.25) is 4.79 Å². The number of amides is 1. The quantitative estimate of drug-likeness (QED) is 0.0204. The van der Waals surface area contributed by atoms with Crippen molar-refractivity contribution in [1.82, 2.24) is 5.32 Å². The molecule has 0 spiro atoms. The molecule has 9 N–H and O–H groups in total. The van der Waals surface area contributed by atoms with Gasteiger partial charge in [-0.15, -0.1) is 0 Å². The van der Waals surface area contributed by atoms with E-state index < -0.39 is 86.8 Å². The minimum absolute atomic E-state index is 0.240. The van der Waals surface area contributed by atoms with Crippen LogP contribution in [0, 0.1) is 0 Å². The summed E-state index contributed by atoms with van der Waals surface area (Å²) < 4.78 is 22.9. The van der Waals surface area contributed by atoms with Crippen molar-refractivity contribution in [2.24, 2.45) is 0 Å². The smallest absolute Gasteiger partial charge is 0.220 e. The lowest BCUT2D eigenvalue weighted by atomic mass is 9.97. The van der Waals surface area contributed by atoms with Gasteiger partial charge in [-0.25, -0.2) is 0 Å². The van der Waals surface area contributed by atoms with Crippen molar-refractivity contribution in [2.45, 2.75) is 453 Å². The van der Waals surface area contributed by atoms with Crippen LogP contribution in [0.25, 0.3) is 0 Å². The minimum atomic E-state index is -1.79. The Morgan fingerprint density at radius 1 is 0.376 bits per heavy atom. The molecule has 2 aliphatic heterocycles. The molecule has 2 heterocycles. The molecular formula is C79H151NO13. The lowest BCUT2D eigenvalue weighted by Gasteiger charge is -2.46. The fraction of sp³-hybridized carbons (Fsp3) is 0.937. The maximum atomic E-state index is 13.4. The van der Waals surface area contributed by atoms with Gasteiger partial charge in [-0.2, -0.15) is 0 Å². The van der Waals surface area contributed by atoms with Crippen LogP contribution in [0.2, 0.25) is 0 Å². The molecule has 14 nitrogen and oxygen atoms in total. The second kappa shape index (κ2) is 63.9.